The molecule has 0 amide bonds. The zero-order valence-electron chi connectivity index (χ0n) is 13.4. The average Bonchev–Trinajstić information content (AvgIpc) is 3.39. The van der Waals surface area contributed by atoms with Crippen LogP contribution in [0.2, 0.25) is 0 Å². The van der Waals surface area contributed by atoms with Crippen LogP contribution >= 0.6 is 0 Å². The highest BCUT2D eigenvalue weighted by Gasteiger charge is 2.41. The fourth-order valence-corrected chi connectivity index (χ4v) is 3.46. The second-order valence-electron chi connectivity index (χ2n) is 7.47. The SMILES string of the molecule is CC(CN)(CCc1ccccc1)NCC(C1CC1)C1CC1. The summed E-state index contributed by atoms with van der Waals surface area (Å²) in [5.74, 6) is 2.95. The fourth-order valence-electron chi connectivity index (χ4n) is 3.46. The Labute approximate surface area is 129 Å². The fraction of sp³-hybridized carbons (Fsp3) is 0.684. The van der Waals surface area contributed by atoms with Crippen LogP contribution in [-0.2, 0) is 6.42 Å². The molecule has 2 heteroatoms. The normalized spacial score (nSPS) is 21.5. The van der Waals surface area contributed by atoms with Crippen molar-refractivity contribution >= 4 is 0 Å². The van der Waals surface area contributed by atoms with E-state index >= 15 is 0 Å². The van der Waals surface area contributed by atoms with Crippen molar-refractivity contribution in [2.45, 2.75) is 51.0 Å². The molecule has 0 bridgehead atoms. The van der Waals surface area contributed by atoms with Gasteiger partial charge in [-0.1, -0.05) is 30.3 Å². The lowest BCUT2D eigenvalue weighted by Gasteiger charge is -2.32. The summed E-state index contributed by atoms with van der Waals surface area (Å²) < 4.78 is 0. The van der Waals surface area contributed by atoms with Gasteiger partial charge in [-0.05, 0) is 75.3 Å². The van der Waals surface area contributed by atoms with Crippen molar-refractivity contribution in [1.29, 1.82) is 0 Å². The van der Waals surface area contributed by atoms with Crippen LogP contribution in [0.3, 0.4) is 0 Å². The Bertz CT molecular complexity index is 424. The molecule has 2 fully saturated rings. The van der Waals surface area contributed by atoms with Crippen LogP contribution in [0.15, 0.2) is 30.3 Å². The van der Waals surface area contributed by atoms with Crippen LogP contribution in [0.4, 0.5) is 0 Å². The van der Waals surface area contributed by atoms with Crippen LogP contribution in [-0.4, -0.2) is 18.6 Å². The predicted molar refractivity (Wildman–Crippen MR) is 89.2 cm³/mol. The smallest absolute Gasteiger partial charge is 0.0278 e. The van der Waals surface area contributed by atoms with Gasteiger partial charge in [0.25, 0.3) is 0 Å². The quantitative estimate of drug-likeness (QED) is 0.730. The number of benzene rings is 1. The summed E-state index contributed by atoms with van der Waals surface area (Å²) in [6.45, 7) is 4.20. The average molecular weight is 286 g/mol. The third-order valence-corrected chi connectivity index (χ3v) is 5.48. The standard InChI is InChI=1S/C19H30N2/c1-19(14-20,12-11-15-5-3-2-4-6-15)21-13-18(16-7-8-16)17-9-10-17/h2-6,16-18,21H,7-14,20H2,1H3. The lowest BCUT2D eigenvalue weighted by atomic mass is 9.91. The maximum absolute atomic E-state index is 6.08. The van der Waals surface area contributed by atoms with E-state index in [0.717, 1.165) is 37.1 Å². The molecule has 0 aromatic heterocycles. The van der Waals surface area contributed by atoms with E-state index in [4.69, 9.17) is 5.73 Å². The van der Waals surface area contributed by atoms with Gasteiger partial charge < -0.3 is 11.1 Å². The molecular formula is C19H30N2. The second kappa shape index (κ2) is 6.50. The van der Waals surface area contributed by atoms with E-state index in [1.165, 1.54) is 37.8 Å². The molecule has 1 aromatic carbocycles. The number of nitrogens with two attached hydrogens (primary N) is 1. The summed E-state index contributed by atoms with van der Waals surface area (Å²) >= 11 is 0. The zero-order chi connectivity index (χ0) is 14.7. The summed E-state index contributed by atoms with van der Waals surface area (Å²) in [5.41, 5.74) is 7.58. The summed E-state index contributed by atoms with van der Waals surface area (Å²) in [5, 5.41) is 3.83. The van der Waals surface area contributed by atoms with E-state index in [-0.39, 0.29) is 5.54 Å². The van der Waals surface area contributed by atoms with E-state index in [1.807, 2.05) is 0 Å². The Morgan fingerprint density at radius 2 is 1.76 bits per heavy atom. The molecule has 1 aromatic rings. The van der Waals surface area contributed by atoms with Gasteiger partial charge in [0.2, 0.25) is 0 Å². The Morgan fingerprint density at radius 1 is 1.14 bits per heavy atom. The molecule has 0 spiro atoms. The van der Waals surface area contributed by atoms with E-state index in [0.29, 0.717) is 0 Å². The zero-order valence-corrected chi connectivity index (χ0v) is 13.4. The van der Waals surface area contributed by atoms with Gasteiger partial charge in [0.05, 0.1) is 0 Å². The van der Waals surface area contributed by atoms with Crippen molar-refractivity contribution in [3.05, 3.63) is 35.9 Å². The maximum Gasteiger partial charge on any atom is 0.0278 e. The first kappa shape index (κ1) is 15.1. The molecule has 0 aliphatic heterocycles. The van der Waals surface area contributed by atoms with Crippen LogP contribution in [0.5, 0.6) is 0 Å². The maximum atomic E-state index is 6.08. The molecule has 1 atom stereocenters. The molecule has 0 saturated heterocycles. The summed E-state index contributed by atoms with van der Waals surface area (Å²) in [4.78, 5) is 0. The Kier molecular flexibility index (Phi) is 4.66. The highest BCUT2D eigenvalue weighted by molar-refractivity contribution is 5.15. The molecule has 0 radical (unpaired) electrons. The monoisotopic (exact) mass is 286 g/mol. The topological polar surface area (TPSA) is 38.0 Å². The molecule has 2 saturated carbocycles. The van der Waals surface area contributed by atoms with Gasteiger partial charge in [0, 0.05) is 12.1 Å². The first-order valence-electron chi connectivity index (χ1n) is 8.69. The molecular weight excluding hydrogens is 256 g/mol. The van der Waals surface area contributed by atoms with Gasteiger partial charge in [-0.25, -0.2) is 0 Å². The van der Waals surface area contributed by atoms with E-state index < -0.39 is 0 Å². The first-order chi connectivity index (χ1) is 10.2. The summed E-state index contributed by atoms with van der Waals surface area (Å²) in [6.07, 6.45) is 8.09. The van der Waals surface area contributed by atoms with Gasteiger partial charge >= 0.3 is 0 Å². The number of aryl methyl sites for hydroxylation is 1. The minimum Gasteiger partial charge on any atom is -0.329 e. The Hall–Kier alpha value is -0.860. The van der Waals surface area contributed by atoms with Crippen molar-refractivity contribution in [3.8, 4) is 0 Å². The lowest BCUT2D eigenvalue weighted by molar-refractivity contribution is 0.282. The summed E-state index contributed by atoms with van der Waals surface area (Å²) in [6, 6.07) is 10.8. The van der Waals surface area contributed by atoms with Gasteiger partial charge in [-0.2, -0.15) is 0 Å². The first-order valence-corrected chi connectivity index (χ1v) is 8.69. The molecule has 0 heterocycles. The van der Waals surface area contributed by atoms with Gasteiger partial charge in [0.1, 0.15) is 0 Å². The minimum absolute atomic E-state index is 0.0812. The van der Waals surface area contributed by atoms with Crippen molar-refractivity contribution in [3.63, 3.8) is 0 Å². The van der Waals surface area contributed by atoms with Gasteiger partial charge in [0.15, 0.2) is 0 Å². The highest BCUT2D eigenvalue weighted by atomic mass is 15.0. The third kappa shape index (κ3) is 4.31. The van der Waals surface area contributed by atoms with Crippen molar-refractivity contribution < 1.29 is 0 Å². The van der Waals surface area contributed by atoms with Crippen LogP contribution in [0.1, 0.15) is 44.6 Å². The molecule has 2 aliphatic carbocycles. The van der Waals surface area contributed by atoms with Crippen LogP contribution in [0, 0.1) is 17.8 Å². The van der Waals surface area contributed by atoms with Gasteiger partial charge in [-0.15, -0.1) is 0 Å². The van der Waals surface area contributed by atoms with Crippen molar-refractivity contribution in [2.75, 3.05) is 13.1 Å². The summed E-state index contributed by atoms with van der Waals surface area (Å²) in [7, 11) is 0. The number of hydrogen-bond donors (Lipinski definition) is 2. The molecule has 1 unspecified atom stereocenters. The van der Waals surface area contributed by atoms with E-state index in [9.17, 15) is 0 Å². The van der Waals surface area contributed by atoms with E-state index in [2.05, 4.69) is 42.6 Å². The molecule has 21 heavy (non-hydrogen) atoms. The third-order valence-electron chi connectivity index (χ3n) is 5.48. The van der Waals surface area contributed by atoms with Crippen molar-refractivity contribution in [1.82, 2.24) is 5.32 Å². The highest BCUT2D eigenvalue weighted by Crippen LogP contribution is 2.49. The van der Waals surface area contributed by atoms with Crippen LogP contribution in [0.25, 0.3) is 0 Å². The molecule has 2 nitrogen and oxygen atoms in total. The number of rotatable bonds is 9. The molecule has 116 valence electrons. The number of nitrogens with one attached hydrogen (secondary N) is 1. The Balaban J connectivity index is 1.50. The number of hydrogen-bond acceptors (Lipinski definition) is 2. The second-order valence-corrected chi connectivity index (χ2v) is 7.47. The van der Waals surface area contributed by atoms with Gasteiger partial charge in [-0.3, -0.25) is 0 Å². The minimum atomic E-state index is 0.0812. The largest absolute Gasteiger partial charge is 0.329 e. The van der Waals surface area contributed by atoms with Crippen LogP contribution < -0.4 is 11.1 Å². The van der Waals surface area contributed by atoms with Crippen molar-refractivity contribution in [2.24, 2.45) is 23.5 Å². The molecule has 3 N–H and O–H groups in total. The van der Waals surface area contributed by atoms with E-state index in [1.54, 1.807) is 0 Å². The molecule has 2 aliphatic rings. The predicted octanol–water partition coefficient (Wildman–Crippen LogP) is 3.36. The lowest BCUT2D eigenvalue weighted by Crippen LogP contribution is -2.51. The molecule has 3 rings (SSSR count). The Morgan fingerprint density at radius 3 is 2.29 bits per heavy atom.